The van der Waals surface area contributed by atoms with E-state index < -0.39 is 0 Å². The molecule has 0 radical (unpaired) electrons. The van der Waals surface area contributed by atoms with Crippen LogP contribution in [0.15, 0.2) is 42.6 Å². The van der Waals surface area contributed by atoms with E-state index >= 15 is 0 Å². The number of hydrogen-bond acceptors (Lipinski definition) is 3. The van der Waals surface area contributed by atoms with Gasteiger partial charge in [0.15, 0.2) is 0 Å². The lowest BCUT2D eigenvalue weighted by atomic mass is 10.1. The zero-order valence-corrected chi connectivity index (χ0v) is 15.2. The Morgan fingerprint density at radius 1 is 1.04 bits per heavy atom. The Bertz CT molecular complexity index is 938. The smallest absolute Gasteiger partial charge is 0.255 e. The lowest BCUT2D eigenvalue weighted by Gasteiger charge is -2.26. The van der Waals surface area contributed by atoms with Gasteiger partial charge in [-0.1, -0.05) is 0 Å². The highest BCUT2D eigenvalue weighted by molar-refractivity contribution is 5.94. The molecular formula is C21H23N3O2. The second-order valence-corrected chi connectivity index (χ2v) is 6.77. The Morgan fingerprint density at radius 2 is 1.77 bits per heavy atom. The molecule has 1 aromatic carbocycles. The number of imidazole rings is 1. The van der Waals surface area contributed by atoms with Gasteiger partial charge in [0.05, 0.1) is 24.1 Å². The maximum Gasteiger partial charge on any atom is 0.255 e. The number of piperidine rings is 1. The predicted molar refractivity (Wildman–Crippen MR) is 102 cm³/mol. The molecule has 0 unspecified atom stereocenters. The number of carbonyl (C=O) groups excluding carboxylic acids is 1. The standard InChI is InChI=1S/C21H23N3O2/c1-15-20(16-6-9-18(26-2)10-7-16)24-14-17(8-11-19(24)22-15)21(25)23-12-4-3-5-13-23/h6-11,14H,3-5,12-13H2,1-2H3. The topological polar surface area (TPSA) is 46.8 Å². The quantitative estimate of drug-likeness (QED) is 0.719. The maximum absolute atomic E-state index is 12.9. The Hall–Kier alpha value is -2.82. The summed E-state index contributed by atoms with van der Waals surface area (Å²) < 4.78 is 7.27. The first kappa shape index (κ1) is 16.6. The average Bonchev–Trinajstić information content (AvgIpc) is 3.03. The summed E-state index contributed by atoms with van der Waals surface area (Å²) in [4.78, 5) is 19.5. The zero-order chi connectivity index (χ0) is 18.1. The van der Waals surface area contributed by atoms with E-state index in [2.05, 4.69) is 4.98 Å². The molecule has 0 atom stereocenters. The summed E-state index contributed by atoms with van der Waals surface area (Å²) in [5.74, 6) is 0.930. The van der Waals surface area contributed by atoms with Crippen LogP contribution in [-0.4, -0.2) is 40.4 Å². The van der Waals surface area contributed by atoms with Gasteiger partial charge in [-0.05, 0) is 62.6 Å². The highest BCUT2D eigenvalue weighted by Crippen LogP contribution is 2.27. The molecule has 1 amide bonds. The van der Waals surface area contributed by atoms with Crippen LogP contribution in [0.1, 0.15) is 35.3 Å². The van der Waals surface area contributed by atoms with Crippen LogP contribution in [0, 0.1) is 6.92 Å². The molecule has 1 aliphatic rings. The van der Waals surface area contributed by atoms with Crippen LogP contribution in [0.5, 0.6) is 5.75 Å². The molecule has 0 saturated carbocycles. The van der Waals surface area contributed by atoms with Gasteiger partial charge in [0, 0.05) is 24.8 Å². The lowest BCUT2D eigenvalue weighted by Crippen LogP contribution is -2.35. The minimum atomic E-state index is 0.110. The third kappa shape index (κ3) is 2.94. The number of amides is 1. The van der Waals surface area contributed by atoms with Crippen molar-refractivity contribution in [1.29, 1.82) is 0 Å². The van der Waals surface area contributed by atoms with E-state index in [1.54, 1.807) is 7.11 Å². The highest BCUT2D eigenvalue weighted by atomic mass is 16.5. The highest BCUT2D eigenvalue weighted by Gasteiger charge is 2.20. The summed E-state index contributed by atoms with van der Waals surface area (Å²) in [6.45, 7) is 3.70. The fourth-order valence-corrected chi connectivity index (χ4v) is 3.67. The van der Waals surface area contributed by atoms with Gasteiger partial charge in [0.2, 0.25) is 0 Å². The van der Waals surface area contributed by atoms with Crippen LogP contribution in [-0.2, 0) is 0 Å². The zero-order valence-electron chi connectivity index (χ0n) is 15.2. The molecule has 0 N–H and O–H groups in total. The first-order valence-electron chi connectivity index (χ1n) is 9.10. The number of fused-ring (bicyclic) bond motifs is 1. The second-order valence-electron chi connectivity index (χ2n) is 6.77. The van der Waals surface area contributed by atoms with Gasteiger partial charge < -0.3 is 9.64 Å². The van der Waals surface area contributed by atoms with Crippen LogP contribution < -0.4 is 4.74 Å². The molecule has 0 bridgehead atoms. The monoisotopic (exact) mass is 349 g/mol. The number of aryl methyl sites for hydroxylation is 1. The van der Waals surface area contributed by atoms with Crippen molar-refractivity contribution in [2.24, 2.45) is 0 Å². The van der Waals surface area contributed by atoms with Gasteiger partial charge in [-0.2, -0.15) is 0 Å². The number of hydrogen-bond donors (Lipinski definition) is 0. The van der Waals surface area contributed by atoms with Crippen molar-refractivity contribution in [3.63, 3.8) is 0 Å². The van der Waals surface area contributed by atoms with Gasteiger partial charge in [0.25, 0.3) is 5.91 Å². The Labute approximate surface area is 153 Å². The van der Waals surface area contributed by atoms with Crippen molar-refractivity contribution in [2.45, 2.75) is 26.2 Å². The van der Waals surface area contributed by atoms with Gasteiger partial charge in [-0.15, -0.1) is 0 Å². The molecule has 3 heterocycles. The number of ether oxygens (including phenoxy) is 1. The summed E-state index contributed by atoms with van der Waals surface area (Å²) in [5, 5.41) is 0. The van der Waals surface area contributed by atoms with Crippen LogP contribution in [0.2, 0.25) is 0 Å². The number of methoxy groups -OCH3 is 1. The molecule has 5 heteroatoms. The summed E-state index contributed by atoms with van der Waals surface area (Å²) in [7, 11) is 1.66. The van der Waals surface area contributed by atoms with Crippen LogP contribution >= 0.6 is 0 Å². The molecule has 1 fully saturated rings. The van der Waals surface area contributed by atoms with Crippen molar-refractivity contribution in [3.8, 4) is 17.0 Å². The van der Waals surface area contributed by atoms with E-state index in [0.29, 0.717) is 5.56 Å². The summed E-state index contributed by atoms with van der Waals surface area (Å²) in [5.41, 5.74) is 4.57. The van der Waals surface area contributed by atoms with Crippen LogP contribution in [0.4, 0.5) is 0 Å². The first-order chi connectivity index (χ1) is 12.7. The van der Waals surface area contributed by atoms with E-state index in [9.17, 15) is 4.79 Å². The van der Waals surface area contributed by atoms with E-state index in [4.69, 9.17) is 4.74 Å². The summed E-state index contributed by atoms with van der Waals surface area (Å²) in [6.07, 6.45) is 5.32. The fraction of sp³-hybridized carbons (Fsp3) is 0.333. The lowest BCUT2D eigenvalue weighted by molar-refractivity contribution is 0.0724. The normalized spacial score (nSPS) is 14.6. The van der Waals surface area contributed by atoms with E-state index in [1.807, 2.05) is 58.8 Å². The predicted octanol–water partition coefficient (Wildman–Crippen LogP) is 3.94. The summed E-state index contributed by atoms with van der Waals surface area (Å²) in [6, 6.07) is 11.7. The van der Waals surface area contributed by atoms with Crippen molar-refractivity contribution in [3.05, 3.63) is 53.9 Å². The first-order valence-corrected chi connectivity index (χ1v) is 9.10. The van der Waals surface area contributed by atoms with Gasteiger partial charge >= 0.3 is 0 Å². The molecule has 2 aromatic heterocycles. The molecule has 1 saturated heterocycles. The van der Waals surface area contributed by atoms with Gasteiger partial charge in [-0.25, -0.2) is 4.98 Å². The number of aromatic nitrogens is 2. The number of likely N-dealkylation sites (tertiary alicyclic amines) is 1. The average molecular weight is 349 g/mol. The second kappa shape index (κ2) is 6.83. The largest absolute Gasteiger partial charge is 0.497 e. The van der Waals surface area contributed by atoms with Crippen molar-refractivity contribution in [2.75, 3.05) is 20.2 Å². The number of rotatable bonds is 3. The van der Waals surface area contributed by atoms with Crippen molar-refractivity contribution in [1.82, 2.24) is 14.3 Å². The molecule has 0 spiro atoms. The maximum atomic E-state index is 12.9. The minimum Gasteiger partial charge on any atom is -0.497 e. The Balaban J connectivity index is 1.75. The molecule has 3 aromatic rings. The van der Waals surface area contributed by atoms with Crippen molar-refractivity contribution >= 4 is 11.6 Å². The number of carbonyl (C=O) groups is 1. The third-order valence-electron chi connectivity index (χ3n) is 5.05. The molecule has 134 valence electrons. The third-order valence-corrected chi connectivity index (χ3v) is 5.05. The minimum absolute atomic E-state index is 0.110. The molecule has 1 aliphatic heterocycles. The Kier molecular flexibility index (Phi) is 4.37. The molecule has 4 rings (SSSR count). The van der Waals surface area contributed by atoms with Crippen molar-refractivity contribution < 1.29 is 9.53 Å². The van der Waals surface area contributed by atoms with Crippen LogP contribution in [0.25, 0.3) is 16.9 Å². The number of pyridine rings is 1. The summed E-state index contributed by atoms with van der Waals surface area (Å²) >= 11 is 0. The molecule has 0 aliphatic carbocycles. The molecular weight excluding hydrogens is 326 g/mol. The van der Waals surface area contributed by atoms with Gasteiger partial charge in [-0.3, -0.25) is 9.20 Å². The fourth-order valence-electron chi connectivity index (χ4n) is 3.67. The van der Waals surface area contributed by atoms with E-state index in [0.717, 1.165) is 54.3 Å². The molecule has 5 nitrogen and oxygen atoms in total. The number of nitrogens with zero attached hydrogens (tertiary/aromatic N) is 3. The van der Waals surface area contributed by atoms with Gasteiger partial charge in [0.1, 0.15) is 11.4 Å². The van der Waals surface area contributed by atoms with Crippen LogP contribution in [0.3, 0.4) is 0 Å². The Morgan fingerprint density at radius 3 is 2.46 bits per heavy atom. The molecule has 26 heavy (non-hydrogen) atoms. The SMILES string of the molecule is COc1ccc(-c2c(C)nc3ccc(C(=O)N4CCCCC4)cn23)cc1. The number of benzene rings is 1. The van der Waals surface area contributed by atoms with E-state index in [1.165, 1.54) is 6.42 Å². The van der Waals surface area contributed by atoms with E-state index in [-0.39, 0.29) is 5.91 Å².